The SMILES string of the molecule is NC(=O)COC(=O)c1ccccc1NS(=O)(=O)c1cccs1. The van der Waals surface area contributed by atoms with Gasteiger partial charge in [0.1, 0.15) is 4.21 Å². The van der Waals surface area contributed by atoms with E-state index in [1.807, 2.05) is 0 Å². The van der Waals surface area contributed by atoms with E-state index in [9.17, 15) is 18.0 Å². The van der Waals surface area contributed by atoms with Crippen LogP contribution in [0.5, 0.6) is 0 Å². The van der Waals surface area contributed by atoms with Gasteiger partial charge in [0.05, 0.1) is 11.3 Å². The molecule has 0 aliphatic carbocycles. The van der Waals surface area contributed by atoms with Crippen molar-refractivity contribution in [1.82, 2.24) is 0 Å². The fraction of sp³-hybridized carbons (Fsp3) is 0.0769. The van der Waals surface area contributed by atoms with Gasteiger partial charge in [0, 0.05) is 0 Å². The third-order valence-corrected chi connectivity index (χ3v) is 5.26. The minimum Gasteiger partial charge on any atom is -0.452 e. The van der Waals surface area contributed by atoms with Crippen molar-refractivity contribution < 1.29 is 22.7 Å². The van der Waals surface area contributed by atoms with Crippen LogP contribution in [0, 0.1) is 0 Å². The molecule has 0 aliphatic rings. The first kappa shape index (κ1) is 16.0. The number of nitrogens with one attached hydrogen (secondary N) is 1. The number of ether oxygens (including phenoxy) is 1. The number of thiophene rings is 1. The zero-order chi connectivity index (χ0) is 16.2. The van der Waals surface area contributed by atoms with Gasteiger partial charge in [-0.25, -0.2) is 13.2 Å². The smallest absolute Gasteiger partial charge is 0.340 e. The van der Waals surface area contributed by atoms with Gasteiger partial charge in [-0.1, -0.05) is 18.2 Å². The topological polar surface area (TPSA) is 116 Å². The molecule has 0 spiro atoms. The molecular weight excluding hydrogens is 328 g/mol. The Morgan fingerprint density at radius 2 is 1.91 bits per heavy atom. The highest BCUT2D eigenvalue weighted by molar-refractivity contribution is 7.94. The van der Waals surface area contributed by atoms with Crippen molar-refractivity contribution in [3.63, 3.8) is 0 Å². The van der Waals surface area contributed by atoms with E-state index >= 15 is 0 Å². The quantitative estimate of drug-likeness (QED) is 0.766. The number of hydrogen-bond donors (Lipinski definition) is 2. The Bertz CT molecular complexity index is 785. The van der Waals surface area contributed by atoms with Gasteiger partial charge in [0.2, 0.25) is 0 Å². The maximum Gasteiger partial charge on any atom is 0.340 e. The largest absolute Gasteiger partial charge is 0.452 e. The summed E-state index contributed by atoms with van der Waals surface area (Å²) in [5, 5.41) is 1.63. The third kappa shape index (κ3) is 3.83. The molecule has 0 saturated carbocycles. The van der Waals surface area contributed by atoms with Gasteiger partial charge in [0.25, 0.3) is 15.9 Å². The van der Waals surface area contributed by atoms with Crippen molar-refractivity contribution in [2.45, 2.75) is 4.21 Å². The molecule has 22 heavy (non-hydrogen) atoms. The normalized spacial score (nSPS) is 10.9. The highest BCUT2D eigenvalue weighted by atomic mass is 32.2. The standard InChI is InChI=1S/C13H12N2O5S2/c14-11(16)8-20-13(17)9-4-1-2-5-10(9)15-22(18,19)12-6-3-7-21-12/h1-7,15H,8H2,(H2,14,16). The first-order valence-electron chi connectivity index (χ1n) is 6.01. The summed E-state index contributed by atoms with van der Waals surface area (Å²) in [6.45, 7) is -0.579. The summed E-state index contributed by atoms with van der Waals surface area (Å²) in [7, 11) is -3.79. The predicted octanol–water partition coefficient (Wildman–Crippen LogP) is 1.19. The molecule has 0 aliphatic heterocycles. The van der Waals surface area contributed by atoms with Crippen molar-refractivity contribution in [1.29, 1.82) is 0 Å². The number of hydrogen-bond acceptors (Lipinski definition) is 6. The lowest BCUT2D eigenvalue weighted by atomic mass is 10.2. The van der Waals surface area contributed by atoms with Crippen molar-refractivity contribution in [3.8, 4) is 0 Å². The molecule has 0 bridgehead atoms. The fourth-order valence-corrected chi connectivity index (χ4v) is 3.65. The van der Waals surface area contributed by atoms with Crippen LogP contribution in [-0.4, -0.2) is 26.9 Å². The molecule has 1 heterocycles. The highest BCUT2D eigenvalue weighted by Gasteiger charge is 2.20. The lowest BCUT2D eigenvalue weighted by Gasteiger charge is -2.11. The number of benzene rings is 1. The molecule has 1 aromatic heterocycles. The zero-order valence-electron chi connectivity index (χ0n) is 11.2. The molecule has 7 nitrogen and oxygen atoms in total. The number of carbonyl (C=O) groups is 2. The van der Waals surface area contributed by atoms with Crippen LogP contribution >= 0.6 is 11.3 Å². The Balaban J connectivity index is 2.25. The number of carbonyl (C=O) groups excluding carboxylic acids is 2. The van der Waals surface area contributed by atoms with Gasteiger partial charge >= 0.3 is 5.97 Å². The molecule has 2 rings (SSSR count). The molecule has 0 fully saturated rings. The third-order valence-electron chi connectivity index (χ3n) is 2.50. The Kier molecular flexibility index (Phi) is 4.78. The van der Waals surface area contributed by atoms with Gasteiger partial charge in [-0.3, -0.25) is 9.52 Å². The number of para-hydroxylation sites is 1. The average molecular weight is 340 g/mol. The van der Waals surface area contributed by atoms with Gasteiger partial charge in [-0.15, -0.1) is 11.3 Å². The second kappa shape index (κ2) is 6.58. The van der Waals surface area contributed by atoms with Crippen molar-refractivity contribution in [3.05, 3.63) is 47.3 Å². The van der Waals surface area contributed by atoms with E-state index in [0.29, 0.717) is 0 Å². The molecule has 3 N–H and O–H groups in total. The summed E-state index contributed by atoms with van der Waals surface area (Å²) in [5.74, 6) is -1.65. The number of nitrogens with two attached hydrogens (primary N) is 1. The first-order valence-corrected chi connectivity index (χ1v) is 8.37. The summed E-state index contributed by atoms with van der Waals surface area (Å²) in [6.07, 6.45) is 0. The number of amides is 1. The van der Waals surface area contributed by atoms with E-state index in [-0.39, 0.29) is 15.5 Å². The molecule has 0 unspecified atom stereocenters. The molecule has 0 radical (unpaired) electrons. The maximum atomic E-state index is 12.2. The second-order valence-corrected chi connectivity index (χ2v) is 6.98. The minimum atomic E-state index is -3.79. The van der Waals surface area contributed by atoms with Gasteiger partial charge in [-0.2, -0.15) is 0 Å². The minimum absolute atomic E-state index is 0.0103. The molecule has 116 valence electrons. The van der Waals surface area contributed by atoms with Crippen LogP contribution in [0.1, 0.15) is 10.4 Å². The van der Waals surface area contributed by atoms with Crippen LogP contribution in [-0.2, 0) is 19.6 Å². The number of rotatable bonds is 6. The number of esters is 1. The Labute approximate surface area is 130 Å². The number of sulfonamides is 1. The molecule has 2 aromatic rings. The van der Waals surface area contributed by atoms with Crippen LogP contribution in [0.3, 0.4) is 0 Å². The van der Waals surface area contributed by atoms with E-state index < -0.39 is 28.5 Å². The van der Waals surface area contributed by atoms with E-state index in [0.717, 1.165) is 11.3 Å². The van der Waals surface area contributed by atoms with Crippen LogP contribution in [0.2, 0.25) is 0 Å². The highest BCUT2D eigenvalue weighted by Crippen LogP contribution is 2.23. The average Bonchev–Trinajstić information content (AvgIpc) is 3.00. The number of primary amides is 1. The van der Waals surface area contributed by atoms with E-state index in [4.69, 9.17) is 5.73 Å². The molecule has 1 amide bonds. The van der Waals surface area contributed by atoms with Crippen molar-refractivity contribution in [2.24, 2.45) is 5.73 Å². The zero-order valence-corrected chi connectivity index (χ0v) is 12.8. The molecule has 9 heteroatoms. The first-order chi connectivity index (χ1) is 10.4. The van der Waals surface area contributed by atoms with E-state index in [1.165, 1.54) is 18.2 Å². The van der Waals surface area contributed by atoms with Crippen LogP contribution < -0.4 is 10.5 Å². The Hall–Kier alpha value is -2.39. The second-order valence-electron chi connectivity index (χ2n) is 4.13. The predicted molar refractivity (Wildman–Crippen MR) is 81.0 cm³/mol. The van der Waals surface area contributed by atoms with Crippen LogP contribution in [0.4, 0.5) is 5.69 Å². The Morgan fingerprint density at radius 3 is 2.55 bits per heavy atom. The van der Waals surface area contributed by atoms with Gasteiger partial charge in [-0.05, 0) is 23.6 Å². The lowest BCUT2D eigenvalue weighted by molar-refractivity contribution is -0.121. The van der Waals surface area contributed by atoms with E-state index in [2.05, 4.69) is 9.46 Å². The molecular formula is C13H12N2O5S2. The molecule has 0 saturated heterocycles. The summed E-state index contributed by atoms with van der Waals surface area (Å²) >= 11 is 1.05. The number of anilines is 1. The van der Waals surface area contributed by atoms with Gasteiger partial charge in [0.15, 0.2) is 6.61 Å². The van der Waals surface area contributed by atoms with Crippen LogP contribution in [0.15, 0.2) is 46.0 Å². The monoisotopic (exact) mass is 340 g/mol. The molecule has 0 atom stereocenters. The Morgan fingerprint density at radius 1 is 1.18 bits per heavy atom. The van der Waals surface area contributed by atoms with Crippen LogP contribution in [0.25, 0.3) is 0 Å². The van der Waals surface area contributed by atoms with Crippen molar-refractivity contribution >= 4 is 38.9 Å². The lowest BCUT2D eigenvalue weighted by Crippen LogP contribution is -2.22. The van der Waals surface area contributed by atoms with Gasteiger partial charge < -0.3 is 10.5 Å². The molecule has 1 aromatic carbocycles. The summed E-state index contributed by atoms with van der Waals surface area (Å²) in [4.78, 5) is 22.5. The summed E-state index contributed by atoms with van der Waals surface area (Å²) in [5.41, 5.74) is 4.95. The van der Waals surface area contributed by atoms with Crippen molar-refractivity contribution in [2.75, 3.05) is 11.3 Å². The summed E-state index contributed by atoms with van der Waals surface area (Å²) in [6, 6.07) is 8.97. The fourth-order valence-electron chi connectivity index (χ4n) is 1.58. The van der Waals surface area contributed by atoms with E-state index in [1.54, 1.807) is 23.6 Å². The maximum absolute atomic E-state index is 12.2. The summed E-state index contributed by atoms with van der Waals surface area (Å²) < 4.78 is 31.5.